The lowest BCUT2D eigenvalue weighted by atomic mass is 9.90. The molecule has 3 aliphatic rings. The summed E-state index contributed by atoms with van der Waals surface area (Å²) in [7, 11) is 0. The maximum absolute atomic E-state index is 3.79. The van der Waals surface area contributed by atoms with Crippen LogP contribution in [0.25, 0.3) is 0 Å². The van der Waals surface area contributed by atoms with Gasteiger partial charge in [-0.15, -0.1) is 0 Å². The Bertz CT molecular complexity index is 294. The van der Waals surface area contributed by atoms with E-state index in [1.54, 1.807) is 0 Å². The van der Waals surface area contributed by atoms with E-state index < -0.39 is 0 Å². The summed E-state index contributed by atoms with van der Waals surface area (Å²) in [5.41, 5.74) is 0.419. The molecule has 3 heteroatoms. The molecule has 3 fully saturated rings. The zero-order valence-corrected chi connectivity index (χ0v) is 12.8. The minimum absolute atomic E-state index is 0.419. The number of nitrogens with zero attached hydrogens (tertiary/aromatic N) is 2. The standard InChI is InChI=1S/C16H31N3/c1-3-18-9-6-14(7-10-18)12-19-11-8-17-16(2,13-19)15-4-5-15/h14-15,17H,3-13H2,1-2H3. The molecular formula is C16H31N3. The molecule has 110 valence electrons. The van der Waals surface area contributed by atoms with Crippen LogP contribution in [-0.4, -0.2) is 61.2 Å². The van der Waals surface area contributed by atoms with Crippen LogP contribution < -0.4 is 5.32 Å². The van der Waals surface area contributed by atoms with E-state index in [1.807, 2.05) is 0 Å². The summed E-state index contributed by atoms with van der Waals surface area (Å²) in [5.74, 6) is 1.90. The van der Waals surface area contributed by atoms with Crippen LogP contribution in [0.1, 0.15) is 39.5 Å². The number of likely N-dealkylation sites (tertiary alicyclic amines) is 1. The zero-order valence-electron chi connectivity index (χ0n) is 12.8. The van der Waals surface area contributed by atoms with Gasteiger partial charge in [-0.1, -0.05) is 6.92 Å². The van der Waals surface area contributed by atoms with Gasteiger partial charge in [0, 0.05) is 31.7 Å². The predicted molar refractivity (Wildman–Crippen MR) is 80.4 cm³/mol. The van der Waals surface area contributed by atoms with Gasteiger partial charge in [0.25, 0.3) is 0 Å². The second-order valence-corrected chi connectivity index (χ2v) is 7.23. The van der Waals surface area contributed by atoms with Gasteiger partial charge < -0.3 is 10.2 Å². The number of hydrogen-bond donors (Lipinski definition) is 1. The lowest BCUT2D eigenvalue weighted by Gasteiger charge is -2.44. The largest absolute Gasteiger partial charge is 0.309 e. The van der Waals surface area contributed by atoms with Gasteiger partial charge in [0.2, 0.25) is 0 Å². The predicted octanol–water partition coefficient (Wildman–Crippen LogP) is 1.79. The van der Waals surface area contributed by atoms with Gasteiger partial charge >= 0.3 is 0 Å². The molecule has 0 bridgehead atoms. The van der Waals surface area contributed by atoms with Gasteiger partial charge in [-0.25, -0.2) is 0 Å². The Labute approximate surface area is 118 Å². The minimum Gasteiger partial charge on any atom is -0.309 e. The van der Waals surface area contributed by atoms with Gasteiger partial charge in [-0.3, -0.25) is 4.90 Å². The van der Waals surface area contributed by atoms with Crippen LogP contribution in [0.2, 0.25) is 0 Å². The SMILES string of the molecule is CCN1CCC(CN2CCNC(C)(C3CC3)C2)CC1. The molecule has 1 aliphatic carbocycles. The first kappa shape index (κ1) is 13.8. The molecule has 2 heterocycles. The Hall–Kier alpha value is -0.120. The molecule has 2 aliphatic heterocycles. The number of rotatable bonds is 4. The summed E-state index contributed by atoms with van der Waals surface area (Å²) in [6.45, 7) is 13.7. The lowest BCUT2D eigenvalue weighted by Crippen LogP contribution is -2.60. The highest BCUT2D eigenvalue weighted by Gasteiger charge is 2.43. The van der Waals surface area contributed by atoms with Crippen molar-refractivity contribution < 1.29 is 0 Å². The quantitative estimate of drug-likeness (QED) is 0.836. The Morgan fingerprint density at radius 1 is 1.05 bits per heavy atom. The second-order valence-electron chi connectivity index (χ2n) is 7.23. The maximum atomic E-state index is 3.79. The van der Waals surface area contributed by atoms with Crippen molar-refractivity contribution in [1.82, 2.24) is 15.1 Å². The molecule has 0 aromatic heterocycles. The molecule has 3 nitrogen and oxygen atoms in total. The first-order valence-corrected chi connectivity index (χ1v) is 8.39. The Kier molecular flexibility index (Phi) is 4.16. The van der Waals surface area contributed by atoms with Crippen molar-refractivity contribution in [2.75, 3.05) is 45.8 Å². The molecule has 1 N–H and O–H groups in total. The Balaban J connectivity index is 1.47. The first-order chi connectivity index (χ1) is 9.19. The van der Waals surface area contributed by atoms with Gasteiger partial charge in [0.15, 0.2) is 0 Å². The molecule has 19 heavy (non-hydrogen) atoms. The molecule has 0 radical (unpaired) electrons. The number of nitrogens with one attached hydrogen (secondary N) is 1. The third-order valence-electron chi connectivity index (χ3n) is 5.66. The van der Waals surface area contributed by atoms with Crippen LogP contribution in [0.5, 0.6) is 0 Å². The van der Waals surface area contributed by atoms with E-state index in [-0.39, 0.29) is 0 Å². The van der Waals surface area contributed by atoms with Crippen molar-refractivity contribution in [3.8, 4) is 0 Å². The van der Waals surface area contributed by atoms with Crippen LogP contribution in [0.4, 0.5) is 0 Å². The van der Waals surface area contributed by atoms with Crippen LogP contribution in [-0.2, 0) is 0 Å². The fourth-order valence-corrected chi connectivity index (χ4v) is 4.10. The Morgan fingerprint density at radius 2 is 1.79 bits per heavy atom. The van der Waals surface area contributed by atoms with E-state index in [2.05, 4.69) is 29.0 Å². The molecule has 2 saturated heterocycles. The van der Waals surface area contributed by atoms with Crippen molar-refractivity contribution in [3.05, 3.63) is 0 Å². The van der Waals surface area contributed by atoms with E-state index in [9.17, 15) is 0 Å². The van der Waals surface area contributed by atoms with Crippen molar-refractivity contribution >= 4 is 0 Å². The highest BCUT2D eigenvalue weighted by molar-refractivity contribution is 5.02. The number of piperazine rings is 1. The molecule has 1 atom stereocenters. The van der Waals surface area contributed by atoms with Gasteiger partial charge in [0.05, 0.1) is 0 Å². The van der Waals surface area contributed by atoms with E-state index >= 15 is 0 Å². The number of piperidine rings is 1. The average molecular weight is 265 g/mol. The monoisotopic (exact) mass is 265 g/mol. The highest BCUT2D eigenvalue weighted by Crippen LogP contribution is 2.40. The molecule has 0 spiro atoms. The molecule has 1 saturated carbocycles. The zero-order chi connectivity index (χ0) is 13.3. The number of hydrogen-bond acceptors (Lipinski definition) is 3. The summed E-state index contributed by atoms with van der Waals surface area (Å²) in [6.07, 6.45) is 5.73. The van der Waals surface area contributed by atoms with Gasteiger partial charge in [0.1, 0.15) is 0 Å². The molecule has 0 amide bonds. The summed E-state index contributed by atoms with van der Waals surface area (Å²) >= 11 is 0. The lowest BCUT2D eigenvalue weighted by molar-refractivity contribution is 0.0903. The summed E-state index contributed by atoms with van der Waals surface area (Å²) in [4.78, 5) is 5.35. The second kappa shape index (κ2) is 5.71. The molecular weight excluding hydrogens is 234 g/mol. The summed E-state index contributed by atoms with van der Waals surface area (Å²) in [5, 5.41) is 3.79. The van der Waals surface area contributed by atoms with Crippen LogP contribution in [0.3, 0.4) is 0 Å². The normalized spacial score (nSPS) is 35.7. The van der Waals surface area contributed by atoms with Crippen LogP contribution in [0.15, 0.2) is 0 Å². The molecule has 1 unspecified atom stereocenters. The van der Waals surface area contributed by atoms with Crippen molar-refractivity contribution in [2.45, 2.75) is 45.1 Å². The maximum Gasteiger partial charge on any atom is 0.0309 e. The van der Waals surface area contributed by atoms with Gasteiger partial charge in [-0.05, 0) is 64.1 Å². The third kappa shape index (κ3) is 3.32. The smallest absolute Gasteiger partial charge is 0.0309 e. The van der Waals surface area contributed by atoms with Crippen molar-refractivity contribution in [1.29, 1.82) is 0 Å². The molecule has 0 aromatic rings. The fraction of sp³-hybridized carbons (Fsp3) is 1.00. The van der Waals surface area contributed by atoms with Crippen LogP contribution >= 0.6 is 0 Å². The van der Waals surface area contributed by atoms with E-state index in [0.717, 1.165) is 11.8 Å². The van der Waals surface area contributed by atoms with E-state index in [1.165, 1.54) is 71.5 Å². The summed E-state index contributed by atoms with van der Waals surface area (Å²) < 4.78 is 0. The average Bonchev–Trinajstić information content (AvgIpc) is 3.24. The molecule has 0 aromatic carbocycles. The van der Waals surface area contributed by atoms with E-state index in [4.69, 9.17) is 0 Å². The first-order valence-electron chi connectivity index (χ1n) is 8.39. The van der Waals surface area contributed by atoms with Gasteiger partial charge in [-0.2, -0.15) is 0 Å². The van der Waals surface area contributed by atoms with Crippen molar-refractivity contribution in [3.63, 3.8) is 0 Å². The van der Waals surface area contributed by atoms with Crippen LogP contribution in [0, 0.1) is 11.8 Å². The Morgan fingerprint density at radius 3 is 2.42 bits per heavy atom. The minimum atomic E-state index is 0.419. The fourth-order valence-electron chi connectivity index (χ4n) is 4.10. The summed E-state index contributed by atoms with van der Waals surface area (Å²) in [6, 6.07) is 0. The topological polar surface area (TPSA) is 18.5 Å². The third-order valence-corrected chi connectivity index (χ3v) is 5.66. The molecule has 3 rings (SSSR count). The van der Waals surface area contributed by atoms with E-state index in [0.29, 0.717) is 5.54 Å². The van der Waals surface area contributed by atoms with Crippen molar-refractivity contribution in [2.24, 2.45) is 11.8 Å². The highest BCUT2D eigenvalue weighted by atomic mass is 15.2.